The van der Waals surface area contributed by atoms with Gasteiger partial charge in [0.1, 0.15) is 12.2 Å². The van der Waals surface area contributed by atoms with Gasteiger partial charge in [-0.05, 0) is 23.3 Å². The number of aliphatic hydroxyl groups is 2. The maximum Gasteiger partial charge on any atom is 0.101 e. The van der Waals surface area contributed by atoms with E-state index < -0.39 is 24.3 Å². The molecular formula is C10H13BrN2O2. The van der Waals surface area contributed by atoms with Crippen LogP contribution in [0.4, 0.5) is 0 Å². The van der Waals surface area contributed by atoms with Crippen molar-refractivity contribution in [1.82, 2.24) is 0 Å². The van der Waals surface area contributed by atoms with Crippen molar-refractivity contribution in [3.05, 3.63) is 33.8 Å². The Balaban J connectivity index is 2.54. The summed E-state index contributed by atoms with van der Waals surface area (Å²) in [6.07, 6.45) is -2.02. The van der Waals surface area contributed by atoms with Crippen LogP contribution in [0.2, 0.25) is 0 Å². The third kappa shape index (κ3) is 1.70. The predicted molar refractivity (Wildman–Crippen MR) is 60.0 cm³/mol. The van der Waals surface area contributed by atoms with Crippen molar-refractivity contribution < 1.29 is 10.2 Å². The van der Waals surface area contributed by atoms with E-state index in [2.05, 4.69) is 15.9 Å². The van der Waals surface area contributed by atoms with Gasteiger partial charge in [-0.2, -0.15) is 0 Å². The summed E-state index contributed by atoms with van der Waals surface area (Å²) in [5, 5.41) is 19.3. The first-order chi connectivity index (χ1) is 7.02. The molecule has 0 spiro atoms. The lowest BCUT2D eigenvalue weighted by molar-refractivity contribution is -0.0196. The average molecular weight is 273 g/mol. The van der Waals surface area contributed by atoms with Gasteiger partial charge >= 0.3 is 0 Å². The van der Waals surface area contributed by atoms with Crippen LogP contribution in [0.25, 0.3) is 0 Å². The minimum atomic E-state index is -1.01. The van der Waals surface area contributed by atoms with E-state index in [9.17, 15) is 10.2 Å². The van der Waals surface area contributed by atoms with Crippen molar-refractivity contribution in [1.29, 1.82) is 0 Å². The van der Waals surface area contributed by atoms with Crippen LogP contribution in [-0.2, 0) is 0 Å². The Morgan fingerprint density at radius 3 is 2.13 bits per heavy atom. The van der Waals surface area contributed by atoms with Gasteiger partial charge in [-0.25, -0.2) is 0 Å². The molecule has 1 aromatic rings. The Kier molecular flexibility index (Phi) is 2.83. The summed E-state index contributed by atoms with van der Waals surface area (Å²) in [6, 6.07) is 4.32. The largest absolute Gasteiger partial charge is 0.388 e. The molecule has 15 heavy (non-hydrogen) atoms. The lowest BCUT2D eigenvalue weighted by Gasteiger charge is -2.36. The SMILES string of the molecule is N[C@@H]1c2ccc(Br)cc2[C@H](N)[C@@H](O)[C@H]1O. The van der Waals surface area contributed by atoms with Crippen LogP contribution in [0.5, 0.6) is 0 Å². The Labute approximate surface area is 96.0 Å². The molecule has 82 valence electrons. The third-order valence-corrected chi connectivity index (χ3v) is 3.35. The highest BCUT2D eigenvalue weighted by atomic mass is 79.9. The minimum absolute atomic E-state index is 0.581. The molecule has 0 saturated heterocycles. The number of hydrogen-bond donors (Lipinski definition) is 4. The van der Waals surface area contributed by atoms with Gasteiger partial charge in [-0.3, -0.25) is 0 Å². The van der Waals surface area contributed by atoms with E-state index in [1.54, 1.807) is 0 Å². The summed E-state index contributed by atoms with van der Waals surface area (Å²) in [6.45, 7) is 0. The Bertz CT molecular complexity index is 386. The van der Waals surface area contributed by atoms with Crippen molar-refractivity contribution in [2.75, 3.05) is 0 Å². The van der Waals surface area contributed by atoms with Gasteiger partial charge in [0.2, 0.25) is 0 Å². The highest BCUT2D eigenvalue weighted by molar-refractivity contribution is 9.10. The van der Waals surface area contributed by atoms with Crippen LogP contribution in [0.3, 0.4) is 0 Å². The van der Waals surface area contributed by atoms with Gasteiger partial charge < -0.3 is 21.7 Å². The summed E-state index contributed by atoms with van der Waals surface area (Å²) in [7, 11) is 0. The molecule has 4 nitrogen and oxygen atoms in total. The van der Waals surface area contributed by atoms with Crippen LogP contribution in [0.1, 0.15) is 23.2 Å². The van der Waals surface area contributed by atoms with Crippen molar-refractivity contribution in [3.8, 4) is 0 Å². The molecule has 0 aliphatic heterocycles. The van der Waals surface area contributed by atoms with E-state index in [1.165, 1.54) is 0 Å². The van der Waals surface area contributed by atoms with E-state index in [4.69, 9.17) is 11.5 Å². The Morgan fingerprint density at radius 1 is 1.00 bits per heavy atom. The zero-order chi connectivity index (χ0) is 11.2. The monoisotopic (exact) mass is 272 g/mol. The van der Waals surface area contributed by atoms with E-state index >= 15 is 0 Å². The molecule has 1 aliphatic carbocycles. The van der Waals surface area contributed by atoms with Crippen LogP contribution in [-0.4, -0.2) is 22.4 Å². The zero-order valence-electron chi connectivity index (χ0n) is 7.97. The highest BCUT2D eigenvalue weighted by Gasteiger charge is 2.37. The number of halogens is 1. The first-order valence-electron chi connectivity index (χ1n) is 4.69. The molecule has 0 heterocycles. The molecule has 6 N–H and O–H groups in total. The number of benzene rings is 1. The summed E-state index contributed by atoms with van der Waals surface area (Å²) in [5.41, 5.74) is 13.2. The molecule has 0 bridgehead atoms. The summed E-state index contributed by atoms with van der Waals surface area (Å²) >= 11 is 3.33. The van der Waals surface area contributed by atoms with Gasteiger partial charge in [0.25, 0.3) is 0 Å². The molecule has 0 amide bonds. The maximum absolute atomic E-state index is 9.68. The van der Waals surface area contributed by atoms with E-state index in [1.807, 2.05) is 18.2 Å². The standard InChI is InChI=1S/C10H13BrN2O2/c11-4-1-2-5-6(3-4)8(13)10(15)9(14)7(5)12/h1-3,7-10,14-15H,12-13H2/t7-,8+,9+,10-/m1/s1. The molecule has 0 aromatic heterocycles. The lowest BCUT2D eigenvalue weighted by atomic mass is 9.81. The first kappa shape index (κ1) is 11.0. The fourth-order valence-electron chi connectivity index (χ4n) is 1.93. The number of aliphatic hydroxyl groups excluding tert-OH is 2. The summed E-state index contributed by atoms with van der Waals surface area (Å²) in [5.74, 6) is 0. The second-order valence-electron chi connectivity index (χ2n) is 3.81. The predicted octanol–water partition coefficient (Wildman–Crippen LogP) is 0.184. The molecule has 0 radical (unpaired) electrons. The summed E-state index contributed by atoms with van der Waals surface area (Å²) < 4.78 is 0.882. The Hall–Kier alpha value is -0.460. The average Bonchev–Trinajstić information content (AvgIpc) is 2.23. The second-order valence-corrected chi connectivity index (χ2v) is 4.72. The number of rotatable bonds is 0. The minimum Gasteiger partial charge on any atom is -0.388 e. The maximum atomic E-state index is 9.68. The van der Waals surface area contributed by atoms with Crippen molar-refractivity contribution >= 4 is 15.9 Å². The number of hydrogen-bond acceptors (Lipinski definition) is 4. The van der Waals surface area contributed by atoms with Crippen LogP contribution < -0.4 is 11.5 Å². The van der Waals surface area contributed by atoms with Gasteiger partial charge in [0.05, 0.1) is 12.1 Å². The van der Waals surface area contributed by atoms with Crippen molar-refractivity contribution in [3.63, 3.8) is 0 Å². The fraction of sp³-hybridized carbons (Fsp3) is 0.400. The molecule has 0 saturated carbocycles. The van der Waals surface area contributed by atoms with Gasteiger partial charge in [-0.1, -0.05) is 22.0 Å². The van der Waals surface area contributed by atoms with Crippen LogP contribution in [0.15, 0.2) is 22.7 Å². The fourth-order valence-corrected chi connectivity index (χ4v) is 2.31. The van der Waals surface area contributed by atoms with Crippen molar-refractivity contribution in [2.24, 2.45) is 11.5 Å². The second kappa shape index (κ2) is 3.84. The highest BCUT2D eigenvalue weighted by Crippen LogP contribution is 2.35. The van der Waals surface area contributed by atoms with Gasteiger partial charge in [0.15, 0.2) is 0 Å². The van der Waals surface area contributed by atoms with E-state index in [0.29, 0.717) is 0 Å². The summed E-state index contributed by atoms with van der Waals surface area (Å²) in [4.78, 5) is 0. The van der Waals surface area contributed by atoms with Gasteiger partial charge in [0, 0.05) is 4.47 Å². The van der Waals surface area contributed by atoms with Crippen molar-refractivity contribution in [2.45, 2.75) is 24.3 Å². The molecule has 0 fully saturated rings. The van der Waals surface area contributed by atoms with E-state index in [0.717, 1.165) is 15.6 Å². The smallest absolute Gasteiger partial charge is 0.101 e. The number of fused-ring (bicyclic) bond motifs is 1. The molecule has 2 rings (SSSR count). The lowest BCUT2D eigenvalue weighted by Crippen LogP contribution is -2.47. The topological polar surface area (TPSA) is 92.5 Å². The first-order valence-corrected chi connectivity index (χ1v) is 5.48. The molecule has 1 aromatic carbocycles. The molecule has 4 atom stereocenters. The quantitative estimate of drug-likeness (QED) is 0.542. The molecular weight excluding hydrogens is 260 g/mol. The van der Waals surface area contributed by atoms with E-state index in [-0.39, 0.29) is 0 Å². The zero-order valence-corrected chi connectivity index (χ0v) is 9.55. The third-order valence-electron chi connectivity index (χ3n) is 2.85. The molecule has 0 unspecified atom stereocenters. The Morgan fingerprint density at radius 2 is 1.53 bits per heavy atom. The number of nitrogens with two attached hydrogens (primary N) is 2. The van der Waals surface area contributed by atoms with Crippen LogP contribution in [0, 0.1) is 0 Å². The normalized spacial score (nSPS) is 35.0. The van der Waals surface area contributed by atoms with Crippen LogP contribution >= 0.6 is 15.9 Å². The van der Waals surface area contributed by atoms with Gasteiger partial charge in [-0.15, -0.1) is 0 Å². The molecule has 5 heteroatoms. The molecule has 1 aliphatic rings.